The van der Waals surface area contributed by atoms with Crippen molar-refractivity contribution < 1.29 is 75.0 Å². The smallest absolute Gasteiger partial charge is 0.460 e. The van der Waals surface area contributed by atoms with Crippen LogP contribution in [0.1, 0.15) is 0 Å². The summed E-state index contributed by atoms with van der Waals surface area (Å²) in [4.78, 5) is 0. The van der Waals surface area contributed by atoms with Crippen molar-refractivity contribution in [3.05, 3.63) is 11.8 Å². The van der Waals surface area contributed by atoms with E-state index in [1.54, 1.807) is 0 Å². The maximum absolute atomic E-state index is 12.7. The normalized spacial score (nSPS) is 16.5. The van der Waals surface area contributed by atoms with Gasteiger partial charge in [-0.3, -0.25) is 0 Å². The van der Waals surface area contributed by atoms with Crippen molar-refractivity contribution in [1.82, 2.24) is 0 Å². The van der Waals surface area contributed by atoms with Gasteiger partial charge in [0, 0.05) is 0 Å². The first-order valence-electron chi connectivity index (χ1n) is 5.37. The molecular formula is C9H2F16O. The standard InChI is InChI=1S/C9H2F16O/c10-2(5(14,15)7(18,19)9(23,24)25)3(11)26-1-4(12,13)6(16,17)8(20,21)22/h1H2. The minimum Gasteiger partial charge on any atom is -0.462 e. The first-order valence-corrected chi connectivity index (χ1v) is 5.37. The van der Waals surface area contributed by atoms with Gasteiger partial charge in [-0.05, 0) is 0 Å². The zero-order valence-corrected chi connectivity index (χ0v) is 11.2. The zero-order chi connectivity index (χ0) is 21.6. The highest BCUT2D eigenvalue weighted by molar-refractivity contribution is 5.13. The van der Waals surface area contributed by atoms with E-state index in [0.717, 1.165) is 0 Å². The zero-order valence-electron chi connectivity index (χ0n) is 11.2. The van der Waals surface area contributed by atoms with Crippen LogP contribution in [-0.4, -0.2) is 42.6 Å². The third kappa shape index (κ3) is 4.05. The van der Waals surface area contributed by atoms with Crippen LogP contribution in [0.15, 0.2) is 11.8 Å². The summed E-state index contributed by atoms with van der Waals surface area (Å²) < 4.78 is 198. The molecule has 0 aromatic heterocycles. The molecule has 156 valence electrons. The van der Waals surface area contributed by atoms with Crippen LogP contribution in [0.4, 0.5) is 70.2 Å². The second-order valence-corrected chi connectivity index (χ2v) is 4.30. The van der Waals surface area contributed by atoms with Gasteiger partial charge in [-0.1, -0.05) is 0 Å². The Morgan fingerprint density at radius 2 is 0.923 bits per heavy atom. The topological polar surface area (TPSA) is 9.23 Å². The van der Waals surface area contributed by atoms with Crippen molar-refractivity contribution in [2.75, 3.05) is 6.61 Å². The molecule has 0 heterocycles. The van der Waals surface area contributed by atoms with Crippen LogP contribution in [0.5, 0.6) is 0 Å². The van der Waals surface area contributed by atoms with Gasteiger partial charge in [-0.15, -0.1) is 0 Å². The van der Waals surface area contributed by atoms with Crippen LogP contribution < -0.4 is 0 Å². The highest BCUT2D eigenvalue weighted by Gasteiger charge is 2.76. The predicted molar refractivity (Wildman–Crippen MR) is 47.1 cm³/mol. The molecule has 1 nitrogen and oxygen atoms in total. The molecule has 0 aliphatic carbocycles. The van der Waals surface area contributed by atoms with Crippen LogP contribution in [0.3, 0.4) is 0 Å². The monoisotopic (exact) mass is 430 g/mol. The fourth-order valence-electron chi connectivity index (χ4n) is 0.955. The third-order valence-electron chi connectivity index (χ3n) is 2.39. The van der Waals surface area contributed by atoms with E-state index in [9.17, 15) is 70.2 Å². The first kappa shape index (κ1) is 24.4. The quantitative estimate of drug-likeness (QED) is 0.384. The van der Waals surface area contributed by atoms with Crippen molar-refractivity contribution in [1.29, 1.82) is 0 Å². The molecule has 0 spiro atoms. The van der Waals surface area contributed by atoms with E-state index in [2.05, 4.69) is 4.74 Å². The van der Waals surface area contributed by atoms with Crippen LogP contribution in [0.25, 0.3) is 0 Å². The number of rotatable bonds is 6. The number of halogens is 16. The first-order chi connectivity index (χ1) is 11.0. The Hall–Kier alpha value is -1.58. The number of allylic oxidation sites excluding steroid dienone is 1. The van der Waals surface area contributed by atoms with Crippen LogP contribution in [-0.2, 0) is 4.74 Å². The molecule has 0 fully saturated rings. The molecule has 0 radical (unpaired) electrons. The van der Waals surface area contributed by atoms with Crippen molar-refractivity contribution in [2.24, 2.45) is 0 Å². The summed E-state index contributed by atoms with van der Waals surface area (Å²) >= 11 is 0. The van der Waals surface area contributed by atoms with E-state index in [1.165, 1.54) is 0 Å². The maximum Gasteiger partial charge on any atom is 0.460 e. The Balaban J connectivity index is 5.65. The fraction of sp³-hybridized carbons (Fsp3) is 0.778. The summed E-state index contributed by atoms with van der Waals surface area (Å²) in [5.41, 5.74) is 0. The molecule has 0 rings (SSSR count). The molecule has 0 aliphatic rings. The minimum absolute atomic E-state index is 2.47. The van der Waals surface area contributed by atoms with Gasteiger partial charge in [0.25, 0.3) is 0 Å². The lowest BCUT2D eigenvalue weighted by molar-refractivity contribution is -0.361. The van der Waals surface area contributed by atoms with Gasteiger partial charge < -0.3 is 4.74 Å². The summed E-state index contributed by atoms with van der Waals surface area (Å²) in [5.74, 6) is -32.3. The second-order valence-electron chi connectivity index (χ2n) is 4.30. The lowest BCUT2D eigenvalue weighted by Crippen LogP contribution is -2.54. The van der Waals surface area contributed by atoms with Gasteiger partial charge in [-0.25, -0.2) is 0 Å². The Labute approximate surface area is 131 Å². The SMILES string of the molecule is FC(OCC(F)(F)C(F)(F)C(F)(F)F)=C(F)C(F)(F)C(F)(F)C(F)(F)F. The highest BCUT2D eigenvalue weighted by atomic mass is 19.4. The fourth-order valence-corrected chi connectivity index (χ4v) is 0.955. The van der Waals surface area contributed by atoms with Crippen molar-refractivity contribution in [3.8, 4) is 0 Å². The molecule has 0 aliphatic heterocycles. The molecule has 26 heavy (non-hydrogen) atoms. The maximum atomic E-state index is 12.7. The molecule has 0 saturated carbocycles. The van der Waals surface area contributed by atoms with Crippen LogP contribution >= 0.6 is 0 Å². The third-order valence-corrected chi connectivity index (χ3v) is 2.39. The molecule has 0 bridgehead atoms. The lowest BCUT2D eigenvalue weighted by atomic mass is 10.1. The van der Waals surface area contributed by atoms with Gasteiger partial charge in [0.05, 0.1) is 0 Å². The molecule has 0 amide bonds. The minimum atomic E-state index is -7.32. The van der Waals surface area contributed by atoms with Gasteiger partial charge in [0.2, 0.25) is 5.83 Å². The van der Waals surface area contributed by atoms with Crippen LogP contribution in [0.2, 0.25) is 0 Å². The molecular weight excluding hydrogens is 428 g/mol. The Kier molecular flexibility index (Phi) is 6.14. The number of ether oxygens (including phenoxy) is 1. The van der Waals surface area contributed by atoms with Crippen LogP contribution in [0, 0.1) is 0 Å². The van der Waals surface area contributed by atoms with Gasteiger partial charge in [-0.2, -0.15) is 70.2 Å². The summed E-state index contributed by atoms with van der Waals surface area (Å²) in [6.07, 6.45) is -14.2. The Morgan fingerprint density at radius 1 is 0.577 bits per heavy atom. The van der Waals surface area contributed by atoms with Crippen molar-refractivity contribution in [3.63, 3.8) is 0 Å². The largest absolute Gasteiger partial charge is 0.462 e. The van der Waals surface area contributed by atoms with Gasteiger partial charge in [0.1, 0.15) is 0 Å². The van der Waals surface area contributed by atoms with Crippen molar-refractivity contribution >= 4 is 0 Å². The van der Waals surface area contributed by atoms with E-state index in [0.29, 0.717) is 0 Å². The summed E-state index contributed by atoms with van der Waals surface area (Å²) in [6.45, 7) is -3.54. The summed E-state index contributed by atoms with van der Waals surface area (Å²) in [7, 11) is 0. The van der Waals surface area contributed by atoms with E-state index in [-0.39, 0.29) is 0 Å². The van der Waals surface area contributed by atoms with E-state index < -0.39 is 54.5 Å². The molecule has 0 saturated heterocycles. The average Bonchev–Trinajstić information content (AvgIpc) is 2.40. The molecule has 0 atom stereocenters. The second kappa shape index (κ2) is 6.54. The Morgan fingerprint density at radius 3 is 1.23 bits per heavy atom. The summed E-state index contributed by atoms with van der Waals surface area (Å²) in [6, 6.07) is -3.99. The van der Waals surface area contributed by atoms with Gasteiger partial charge >= 0.3 is 42.1 Å². The molecule has 0 aromatic rings. The van der Waals surface area contributed by atoms with Gasteiger partial charge in [0.15, 0.2) is 6.61 Å². The lowest BCUT2D eigenvalue weighted by Gasteiger charge is -2.28. The molecule has 0 N–H and O–H groups in total. The van der Waals surface area contributed by atoms with E-state index in [4.69, 9.17) is 0 Å². The van der Waals surface area contributed by atoms with Crippen molar-refractivity contribution in [2.45, 2.75) is 36.0 Å². The van der Waals surface area contributed by atoms with E-state index in [1.807, 2.05) is 0 Å². The number of hydrogen-bond donors (Lipinski definition) is 0. The number of alkyl halides is 14. The molecule has 0 unspecified atom stereocenters. The number of hydrogen-bond acceptors (Lipinski definition) is 1. The predicted octanol–water partition coefficient (Wildman–Crippen LogP) is 5.78. The summed E-state index contributed by atoms with van der Waals surface area (Å²) in [5, 5.41) is 0. The van der Waals surface area contributed by atoms with E-state index >= 15 is 0 Å². The Bertz CT molecular complexity index is 537. The highest BCUT2D eigenvalue weighted by Crippen LogP contribution is 2.51. The molecule has 17 heteroatoms. The average molecular weight is 430 g/mol. The molecule has 0 aromatic carbocycles.